The van der Waals surface area contributed by atoms with Gasteiger partial charge < -0.3 is 25.4 Å². The number of nitrogens with one attached hydrogen (secondary N) is 1. The minimum absolute atomic E-state index is 0.00900. The first kappa shape index (κ1) is 27.7. The number of nitrogen functional groups attached to an aromatic ring is 1. The number of rotatable bonds is 7. The Morgan fingerprint density at radius 2 is 1.81 bits per heavy atom. The van der Waals surface area contributed by atoms with Gasteiger partial charge in [-0.05, 0) is 24.3 Å². The molecule has 2 aromatic carbocycles. The predicted molar refractivity (Wildman–Crippen MR) is 162 cm³/mol. The summed E-state index contributed by atoms with van der Waals surface area (Å²) in [6.45, 7) is 7.43. The highest BCUT2D eigenvalue weighted by molar-refractivity contribution is 6.04. The minimum Gasteiger partial charge on any atom is -0.463 e. The monoisotopic (exact) mass is 585 g/mol. The maximum atomic E-state index is 16.7. The molecule has 2 aliphatic heterocycles. The zero-order valence-electron chi connectivity index (χ0n) is 23.8. The molecule has 222 valence electrons. The first-order valence-electron chi connectivity index (χ1n) is 14.7. The van der Waals surface area contributed by atoms with Crippen molar-refractivity contribution in [1.82, 2.24) is 25.2 Å². The second-order valence-corrected chi connectivity index (χ2v) is 11.6. The van der Waals surface area contributed by atoms with Crippen LogP contribution in [-0.2, 0) is 4.74 Å². The van der Waals surface area contributed by atoms with E-state index in [2.05, 4.69) is 31.0 Å². The molecule has 7 rings (SSSR count). The van der Waals surface area contributed by atoms with Gasteiger partial charge in [0.2, 0.25) is 0 Å². The van der Waals surface area contributed by atoms with Gasteiger partial charge in [0.05, 0.1) is 30.8 Å². The summed E-state index contributed by atoms with van der Waals surface area (Å²) in [5.74, 6) is 1.73. The lowest BCUT2D eigenvalue weighted by molar-refractivity contribution is 0.0231. The Kier molecular flexibility index (Phi) is 7.21. The molecule has 0 atom stereocenters. The van der Waals surface area contributed by atoms with Gasteiger partial charge in [0.1, 0.15) is 28.7 Å². The summed E-state index contributed by atoms with van der Waals surface area (Å²) in [5.41, 5.74) is 6.90. The Morgan fingerprint density at radius 3 is 2.56 bits per heavy atom. The fraction of sp³-hybridized carbons (Fsp3) is 0.406. The van der Waals surface area contributed by atoms with Crippen LogP contribution in [0.25, 0.3) is 32.9 Å². The van der Waals surface area contributed by atoms with E-state index in [0.29, 0.717) is 47.2 Å². The third-order valence-corrected chi connectivity index (χ3v) is 8.71. The van der Waals surface area contributed by atoms with Crippen molar-refractivity contribution in [2.24, 2.45) is 5.41 Å². The molecule has 2 aromatic heterocycles. The van der Waals surface area contributed by atoms with Crippen molar-refractivity contribution in [3.05, 3.63) is 47.5 Å². The van der Waals surface area contributed by atoms with Crippen LogP contribution in [0.4, 0.5) is 20.4 Å². The predicted octanol–water partition coefficient (Wildman–Crippen LogP) is 3.59. The molecule has 2 saturated heterocycles. The molecule has 43 heavy (non-hydrogen) atoms. The summed E-state index contributed by atoms with van der Waals surface area (Å²) in [6, 6.07) is 8.22. The zero-order chi connectivity index (χ0) is 29.6. The van der Waals surface area contributed by atoms with Gasteiger partial charge in [0.15, 0.2) is 5.82 Å². The standard InChI is InChI=1S/C32H33F2N7O2/c1-2-21-23(33)7-6-20-4-3-5-22(24(20)21)27-26(34)28-25(29(35)37-27)30(41-12-10-36-11-13-41)39-31(38-28)43-19-32(8-9-32)18-40-14-16-42-17-15-40/h1,3-7,36H,8-19H2,(H2,35,37). The number of fused-ring (bicyclic) bond motifs is 2. The molecule has 11 heteroatoms. The first-order valence-corrected chi connectivity index (χ1v) is 14.7. The van der Waals surface area contributed by atoms with Crippen LogP contribution in [-0.4, -0.2) is 85.5 Å². The van der Waals surface area contributed by atoms with Crippen LogP contribution in [0, 0.1) is 29.4 Å². The van der Waals surface area contributed by atoms with E-state index in [1.165, 1.54) is 6.07 Å². The van der Waals surface area contributed by atoms with Crippen LogP contribution in [0.2, 0.25) is 0 Å². The van der Waals surface area contributed by atoms with Crippen molar-refractivity contribution in [3.63, 3.8) is 0 Å². The van der Waals surface area contributed by atoms with E-state index < -0.39 is 11.6 Å². The van der Waals surface area contributed by atoms with Crippen LogP contribution in [0.3, 0.4) is 0 Å². The largest absolute Gasteiger partial charge is 0.463 e. The number of piperazine rings is 1. The molecule has 0 radical (unpaired) electrons. The number of hydrogen-bond donors (Lipinski definition) is 2. The number of nitrogens with zero attached hydrogens (tertiary/aromatic N) is 5. The smallest absolute Gasteiger partial charge is 0.319 e. The highest BCUT2D eigenvalue weighted by atomic mass is 19.1. The number of pyridine rings is 1. The highest BCUT2D eigenvalue weighted by Gasteiger charge is 2.45. The number of benzene rings is 2. The van der Waals surface area contributed by atoms with Crippen LogP contribution < -0.4 is 20.7 Å². The van der Waals surface area contributed by atoms with E-state index in [9.17, 15) is 4.39 Å². The topological polar surface area (TPSA) is 102 Å². The number of nitrogens with two attached hydrogens (primary N) is 1. The Labute approximate surface area is 248 Å². The second kappa shape index (κ2) is 11.2. The zero-order valence-corrected chi connectivity index (χ0v) is 23.8. The van der Waals surface area contributed by atoms with Gasteiger partial charge in [-0.3, -0.25) is 4.90 Å². The Hall–Kier alpha value is -4.11. The number of hydrogen-bond acceptors (Lipinski definition) is 9. The second-order valence-electron chi connectivity index (χ2n) is 11.6. The molecule has 0 amide bonds. The average molecular weight is 586 g/mol. The molecule has 1 saturated carbocycles. The Morgan fingerprint density at radius 1 is 1.02 bits per heavy atom. The van der Waals surface area contributed by atoms with E-state index >= 15 is 4.39 Å². The number of terminal acetylenes is 1. The fourth-order valence-electron chi connectivity index (χ4n) is 6.18. The normalized spacial score (nSPS) is 18.6. The summed E-state index contributed by atoms with van der Waals surface area (Å²) in [7, 11) is 0. The van der Waals surface area contributed by atoms with Crippen LogP contribution in [0.1, 0.15) is 18.4 Å². The molecule has 0 spiro atoms. The summed E-state index contributed by atoms with van der Waals surface area (Å²) < 4.78 is 43.2. The summed E-state index contributed by atoms with van der Waals surface area (Å²) >= 11 is 0. The van der Waals surface area contributed by atoms with E-state index in [0.717, 1.165) is 58.8 Å². The maximum absolute atomic E-state index is 16.7. The number of ether oxygens (including phenoxy) is 2. The molecular formula is C32H33F2N7O2. The van der Waals surface area contributed by atoms with Crippen molar-refractivity contribution in [1.29, 1.82) is 0 Å². The minimum atomic E-state index is -0.693. The van der Waals surface area contributed by atoms with E-state index in [1.54, 1.807) is 24.3 Å². The molecular weight excluding hydrogens is 552 g/mol. The Bertz CT molecular complexity index is 1740. The van der Waals surface area contributed by atoms with E-state index in [-0.39, 0.29) is 34.0 Å². The highest BCUT2D eigenvalue weighted by Crippen LogP contribution is 2.47. The number of halogens is 2. The summed E-state index contributed by atoms with van der Waals surface area (Å²) in [6.07, 6.45) is 7.79. The third-order valence-electron chi connectivity index (χ3n) is 8.71. The molecule has 0 bridgehead atoms. The molecule has 4 aromatic rings. The van der Waals surface area contributed by atoms with Crippen LogP contribution in [0.15, 0.2) is 30.3 Å². The molecule has 3 aliphatic rings. The lowest BCUT2D eigenvalue weighted by Crippen LogP contribution is -2.44. The molecule has 4 heterocycles. The van der Waals surface area contributed by atoms with Gasteiger partial charge in [0.25, 0.3) is 0 Å². The first-order chi connectivity index (χ1) is 21.0. The SMILES string of the molecule is C#Cc1c(F)ccc2cccc(-c3nc(N)c4c(N5CCNCC5)nc(OCC5(CN6CCOCC6)CC5)nc4c3F)c12. The van der Waals surface area contributed by atoms with Gasteiger partial charge in [-0.2, -0.15) is 9.97 Å². The molecule has 0 unspecified atom stereocenters. The molecule has 3 N–H and O–H groups in total. The van der Waals surface area contributed by atoms with Crippen molar-refractivity contribution in [2.75, 3.05) is 76.3 Å². The summed E-state index contributed by atoms with van der Waals surface area (Å²) in [5, 5.41) is 4.71. The lowest BCUT2D eigenvalue weighted by atomic mass is 9.96. The number of anilines is 2. The third kappa shape index (κ3) is 5.20. The van der Waals surface area contributed by atoms with Gasteiger partial charge in [0, 0.05) is 62.2 Å². The van der Waals surface area contributed by atoms with Gasteiger partial charge in [-0.1, -0.05) is 30.2 Å². The average Bonchev–Trinajstić information content (AvgIpc) is 3.81. The van der Waals surface area contributed by atoms with Gasteiger partial charge >= 0.3 is 6.01 Å². The lowest BCUT2D eigenvalue weighted by Gasteiger charge is -2.31. The Balaban J connectivity index is 1.33. The number of aromatic nitrogens is 3. The van der Waals surface area contributed by atoms with E-state index in [1.807, 2.05) is 0 Å². The molecule has 3 fully saturated rings. The maximum Gasteiger partial charge on any atom is 0.319 e. The van der Waals surface area contributed by atoms with Crippen molar-refractivity contribution >= 4 is 33.3 Å². The molecule has 9 nitrogen and oxygen atoms in total. The summed E-state index contributed by atoms with van der Waals surface area (Å²) in [4.78, 5) is 18.3. The molecule has 1 aliphatic carbocycles. The van der Waals surface area contributed by atoms with Crippen molar-refractivity contribution in [3.8, 4) is 29.6 Å². The number of morpholine rings is 1. The van der Waals surface area contributed by atoms with E-state index in [4.69, 9.17) is 26.6 Å². The van der Waals surface area contributed by atoms with Gasteiger partial charge in [-0.15, -0.1) is 6.42 Å². The fourth-order valence-corrected chi connectivity index (χ4v) is 6.18. The van der Waals surface area contributed by atoms with Crippen LogP contribution >= 0.6 is 0 Å². The quantitative estimate of drug-likeness (QED) is 0.315. The van der Waals surface area contributed by atoms with Gasteiger partial charge in [-0.25, -0.2) is 13.8 Å². The van der Waals surface area contributed by atoms with Crippen LogP contribution in [0.5, 0.6) is 6.01 Å². The van der Waals surface area contributed by atoms with Crippen molar-refractivity contribution in [2.45, 2.75) is 12.8 Å². The van der Waals surface area contributed by atoms with Crippen molar-refractivity contribution < 1.29 is 18.3 Å².